The van der Waals surface area contributed by atoms with Gasteiger partial charge in [0.25, 0.3) is 0 Å². The van der Waals surface area contributed by atoms with E-state index in [4.69, 9.17) is 0 Å². The molecule has 0 aromatic heterocycles. The molecule has 0 aromatic carbocycles. The minimum Gasteiger partial charge on any atom is -0.386 e. The molecule has 2 heteroatoms. The average Bonchev–Trinajstić information content (AvgIpc) is 2.45. The Kier molecular flexibility index (Phi) is 7.84. The van der Waals surface area contributed by atoms with E-state index in [1.54, 1.807) is 0 Å². The van der Waals surface area contributed by atoms with Crippen molar-refractivity contribution >= 4 is 0 Å². The van der Waals surface area contributed by atoms with Crippen LogP contribution in [-0.2, 0) is 0 Å². The zero-order valence-corrected chi connectivity index (χ0v) is 14.8. The van der Waals surface area contributed by atoms with Crippen molar-refractivity contribution in [3.8, 4) is 0 Å². The smallest absolute Gasteiger partial charge is 0.105 e. The Morgan fingerprint density at radius 1 is 0.864 bits per heavy atom. The van der Waals surface area contributed by atoms with Crippen LogP contribution in [0.25, 0.3) is 0 Å². The highest BCUT2D eigenvalue weighted by Crippen LogP contribution is 2.22. The first-order valence-electron chi connectivity index (χ1n) is 8.38. The van der Waals surface area contributed by atoms with Crippen LogP contribution in [0.15, 0.2) is 46.6 Å². The highest BCUT2D eigenvalue weighted by molar-refractivity contribution is 5.25. The third-order valence-electron chi connectivity index (χ3n) is 4.37. The van der Waals surface area contributed by atoms with Gasteiger partial charge in [-0.25, -0.2) is 0 Å². The minimum absolute atomic E-state index is 0.205. The van der Waals surface area contributed by atoms with Crippen molar-refractivity contribution in [2.24, 2.45) is 5.92 Å². The minimum atomic E-state index is -0.833. The third-order valence-corrected chi connectivity index (χ3v) is 4.37. The molecule has 2 atom stereocenters. The van der Waals surface area contributed by atoms with Gasteiger partial charge in [0.1, 0.15) is 12.2 Å². The molecule has 0 saturated heterocycles. The van der Waals surface area contributed by atoms with Crippen LogP contribution in [0.1, 0.15) is 60.3 Å². The number of hydrogen-bond donors (Lipinski definition) is 2. The van der Waals surface area contributed by atoms with Crippen molar-refractivity contribution in [2.45, 2.75) is 72.5 Å². The maximum atomic E-state index is 10.5. The number of aliphatic hydroxyl groups excluding tert-OH is 2. The van der Waals surface area contributed by atoms with Crippen LogP contribution in [0.5, 0.6) is 0 Å². The fourth-order valence-corrected chi connectivity index (χ4v) is 2.68. The van der Waals surface area contributed by atoms with E-state index in [-0.39, 0.29) is 5.92 Å². The molecule has 0 bridgehead atoms. The van der Waals surface area contributed by atoms with Gasteiger partial charge in [0, 0.05) is 0 Å². The van der Waals surface area contributed by atoms with Gasteiger partial charge in [-0.05, 0) is 63.5 Å². The molecule has 124 valence electrons. The van der Waals surface area contributed by atoms with E-state index in [1.807, 2.05) is 13.0 Å². The Balaban J connectivity index is 3.13. The summed E-state index contributed by atoms with van der Waals surface area (Å²) in [5.74, 6) is 0.205. The predicted molar refractivity (Wildman–Crippen MR) is 94.7 cm³/mol. The third kappa shape index (κ3) is 5.94. The van der Waals surface area contributed by atoms with Crippen LogP contribution in [0.4, 0.5) is 0 Å². The maximum Gasteiger partial charge on any atom is 0.105 e. The lowest BCUT2D eigenvalue weighted by molar-refractivity contribution is 0.0603. The molecule has 0 heterocycles. The Bertz CT molecular complexity index is 478. The lowest BCUT2D eigenvalue weighted by Crippen LogP contribution is -2.30. The summed E-state index contributed by atoms with van der Waals surface area (Å²) < 4.78 is 0. The van der Waals surface area contributed by atoms with Gasteiger partial charge in [0.05, 0.1) is 0 Å². The molecule has 0 saturated carbocycles. The van der Waals surface area contributed by atoms with Crippen LogP contribution in [0.3, 0.4) is 0 Å². The number of hydrogen-bond acceptors (Lipinski definition) is 2. The van der Waals surface area contributed by atoms with Crippen molar-refractivity contribution in [1.29, 1.82) is 0 Å². The van der Waals surface area contributed by atoms with Crippen molar-refractivity contribution in [3.05, 3.63) is 46.6 Å². The molecule has 0 amide bonds. The first-order chi connectivity index (χ1) is 10.3. The van der Waals surface area contributed by atoms with Gasteiger partial charge < -0.3 is 10.2 Å². The zero-order valence-electron chi connectivity index (χ0n) is 14.8. The maximum absolute atomic E-state index is 10.5. The van der Waals surface area contributed by atoms with Gasteiger partial charge >= 0.3 is 0 Å². The number of allylic oxidation sites excluding steroid dienone is 6. The SMILES string of the molecule is C/C1=C/C=C(\C(C)C)C(O)C(O)/C(C)=C/CC/C(C)=C\CC1. The molecule has 2 unspecified atom stereocenters. The molecule has 1 rings (SSSR count). The average molecular weight is 304 g/mol. The first kappa shape index (κ1) is 18.9. The largest absolute Gasteiger partial charge is 0.386 e. The fraction of sp³-hybridized carbons (Fsp3) is 0.600. The predicted octanol–water partition coefficient (Wildman–Crippen LogP) is 4.70. The van der Waals surface area contributed by atoms with Crippen molar-refractivity contribution in [2.75, 3.05) is 0 Å². The Hall–Kier alpha value is -1.12. The highest BCUT2D eigenvalue weighted by atomic mass is 16.3. The van der Waals surface area contributed by atoms with Crippen LogP contribution in [0.2, 0.25) is 0 Å². The zero-order chi connectivity index (χ0) is 16.7. The van der Waals surface area contributed by atoms with Gasteiger partial charge in [0.2, 0.25) is 0 Å². The summed E-state index contributed by atoms with van der Waals surface area (Å²) in [5, 5.41) is 20.9. The summed E-state index contributed by atoms with van der Waals surface area (Å²) in [6.45, 7) is 10.3. The van der Waals surface area contributed by atoms with Crippen LogP contribution < -0.4 is 0 Å². The lowest BCUT2D eigenvalue weighted by atomic mass is 9.90. The summed E-state index contributed by atoms with van der Waals surface area (Å²) in [4.78, 5) is 0. The molecule has 0 aliphatic heterocycles. The van der Waals surface area contributed by atoms with E-state index in [2.05, 4.69) is 45.9 Å². The summed E-state index contributed by atoms with van der Waals surface area (Å²) in [7, 11) is 0. The molecule has 2 N–H and O–H groups in total. The molecular weight excluding hydrogens is 272 g/mol. The van der Waals surface area contributed by atoms with Crippen LogP contribution >= 0.6 is 0 Å². The van der Waals surface area contributed by atoms with Gasteiger partial charge in [0.15, 0.2) is 0 Å². The van der Waals surface area contributed by atoms with Gasteiger partial charge in [-0.1, -0.05) is 49.3 Å². The molecule has 0 spiro atoms. The van der Waals surface area contributed by atoms with E-state index in [9.17, 15) is 10.2 Å². The number of rotatable bonds is 1. The van der Waals surface area contributed by atoms with E-state index >= 15 is 0 Å². The van der Waals surface area contributed by atoms with Crippen LogP contribution in [-0.4, -0.2) is 22.4 Å². The normalized spacial score (nSPS) is 35.3. The van der Waals surface area contributed by atoms with Gasteiger partial charge in [-0.3, -0.25) is 0 Å². The van der Waals surface area contributed by atoms with Crippen molar-refractivity contribution in [1.82, 2.24) is 0 Å². The second-order valence-corrected chi connectivity index (χ2v) is 6.80. The quantitative estimate of drug-likeness (QED) is 0.689. The van der Waals surface area contributed by atoms with E-state index < -0.39 is 12.2 Å². The standard InChI is InChI=1S/C20H32O2/c1-14(2)18-13-12-16(4)9-6-8-15(3)10-7-11-17(5)19(21)20(18)22/h8,11-14,19-22H,6-7,9-10H2,1-5H3/b15-8-,16-12-,17-11+,18-13+. The fourth-order valence-electron chi connectivity index (χ4n) is 2.68. The van der Waals surface area contributed by atoms with Gasteiger partial charge in [-0.2, -0.15) is 0 Å². The molecular formula is C20H32O2. The lowest BCUT2D eigenvalue weighted by Gasteiger charge is -2.24. The first-order valence-corrected chi connectivity index (χ1v) is 8.38. The molecule has 1 aliphatic rings. The molecule has 0 radical (unpaired) electrons. The summed E-state index contributed by atoms with van der Waals surface area (Å²) in [6, 6.07) is 0. The molecule has 0 fully saturated rings. The van der Waals surface area contributed by atoms with Crippen molar-refractivity contribution in [3.63, 3.8) is 0 Å². The van der Waals surface area contributed by atoms with Crippen LogP contribution in [0, 0.1) is 5.92 Å². The van der Waals surface area contributed by atoms with Gasteiger partial charge in [-0.15, -0.1) is 0 Å². The van der Waals surface area contributed by atoms with E-state index in [0.29, 0.717) is 0 Å². The Morgan fingerprint density at radius 2 is 1.45 bits per heavy atom. The molecule has 0 aromatic rings. The van der Waals surface area contributed by atoms with E-state index in [0.717, 1.165) is 36.8 Å². The Morgan fingerprint density at radius 3 is 2.09 bits per heavy atom. The molecule has 1 aliphatic carbocycles. The van der Waals surface area contributed by atoms with Crippen molar-refractivity contribution < 1.29 is 10.2 Å². The summed E-state index contributed by atoms with van der Waals surface area (Å²) >= 11 is 0. The molecule has 2 nitrogen and oxygen atoms in total. The monoisotopic (exact) mass is 304 g/mol. The second kappa shape index (κ2) is 9.12. The topological polar surface area (TPSA) is 40.5 Å². The Labute approximate surface area is 135 Å². The second-order valence-electron chi connectivity index (χ2n) is 6.80. The highest BCUT2D eigenvalue weighted by Gasteiger charge is 2.23. The summed E-state index contributed by atoms with van der Waals surface area (Å²) in [5.41, 5.74) is 4.43. The summed E-state index contributed by atoms with van der Waals surface area (Å²) in [6.07, 6.45) is 10.8. The number of aliphatic hydroxyl groups is 2. The molecule has 22 heavy (non-hydrogen) atoms. The van der Waals surface area contributed by atoms with E-state index in [1.165, 1.54) is 11.1 Å².